The van der Waals surface area contributed by atoms with Crippen LogP contribution in [0.5, 0.6) is 0 Å². The van der Waals surface area contributed by atoms with Gasteiger partial charge in [0.05, 0.1) is 38.5 Å². The van der Waals surface area contributed by atoms with E-state index in [2.05, 4.69) is 138 Å². The van der Waals surface area contributed by atoms with Gasteiger partial charge in [0.2, 0.25) is 0 Å². The van der Waals surface area contributed by atoms with Crippen LogP contribution in [0.1, 0.15) is 96.9 Å². The molecule has 3 rings (SSSR count). The molecule has 0 spiro atoms. The minimum absolute atomic E-state index is 0.119. The van der Waals surface area contributed by atoms with Crippen molar-refractivity contribution in [3.8, 4) is 0 Å². The van der Waals surface area contributed by atoms with Crippen molar-refractivity contribution >= 4 is 15.8 Å². The summed E-state index contributed by atoms with van der Waals surface area (Å²) < 4.78 is 11.8. The van der Waals surface area contributed by atoms with E-state index in [-0.39, 0.29) is 27.6 Å². The van der Waals surface area contributed by atoms with Gasteiger partial charge in [0.25, 0.3) is 0 Å². The first-order valence-electron chi connectivity index (χ1n) is 14.7. The van der Waals surface area contributed by atoms with Crippen LogP contribution in [0.3, 0.4) is 0 Å². The van der Waals surface area contributed by atoms with Crippen LogP contribution in [0, 0.1) is 23.0 Å². The standard InChI is InChI=1S/C31H51N2P2.Fe.HN2.2H/c1-20(2)34(21(3)4)28-17-24(30(9,10)11)15-26-27-16-25(31(12,13)14)18-29(33(27)19-32(26)28)35(22(5)6)23(7)8;;1-2;;/h15-23H,1-14H3;;1H;;/q-1;;-1;;/p+2/i;;;2*1+1. The average molecular weight is 605 g/mol. The zero-order valence-electron chi connectivity index (χ0n) is 28.4. The summed E-state index contributed by atoms with van der Waals surface area (Å²) in [5.74, 6) is 0. The molecule has 0 saturated carbocycles. The van der Waals surface area contributed by atoms with Gasteiger partial charge in [-0.3, -0.25) is 0 Å². The normalized spacial score (nSPS) is 18.5. The van der Waals surface area contributed by atoms with Gasteiger partial charge in [-0.1, -0.05) is 41.5 Å². The van der Waals surface area contributed by atoms with E-state index in [4.69, 9.17) is 13.0 Å². The minimum Gasteiger partial charge on any atom is -0.715 e. The summed E-state index contributed by atoms with van der Waals surface area (Å²) in [5.41, 5.74) is 22.8. The molecule has 0 saturated heterocycles. The van der Waals surface area contributed by atoms with Crippen LogP contribution in [-0.2, 0) is 16.8 Å². The largest absolute Gasteiger partial charge is 0.715 e. The second-order valence-electron chi connectivity index (χ2n) is 13.9. The third kappa shape index (κ3) is 7.32. The third-order valence-corrected chi connectivity index (χ3v) is 14.4. The van der Waals surface area contributed by atoms with Crippen LogP contribution in [0.15, 0.2) is 57.7 Å². The summed E-state index contributed by atoms with van der Waals surface area (Å²) in [6.07, 6.45) is 10.1. The Morgan fingerprint density at radius 1 is 0.684 bits per heavy atom. The molecule has 218 valence electrons. The van der Waals surface area contributed by atoms with E-state index in [9.17, 15) is 0 Å². The van der Waals surface area contributed by atoms with E-state index in [1.807, 2.05) is 0 Å². The molecule has 0 fully saturated rings. The fourth-order valence-electron chi connectivity index (χ4n) is 5.80. The molecular formula is C31H56FeN4P2. The van der Waals surface area contributed by atoms with Gasteiger partial charge in [0.15, 0.2) is 0 Å². The van der Waals surface area contributed by atoms with Crippen molar-refractivity contribution in [3.05, 3.63) is 69.9 Å². The Hall–Kier alpha value is -0.721. The van der Waals surface area contributed by atoms with Crippen LogP contribution in [-0.4, -0.2) is 34.3 Å². The quantitative estimate of drug-likeness (QED) is 0.142. The Morgan fingerprint density at radius 2 is 0.947 bits per heavy atom. The SMILES string of the molecule is CC(C)[PH+](C1=CC(C(C)(C)C)=CC2=C3C=C(C(C)(C)C)C=C([PH+](C(C)C)C(C)C)N3[CH-]N12)C(C)C.[2H][Fe][2H].[N-]=N. The van der Waals surface area contributed by atoms with Gasteiger partial charge in [-0.2, -0.15) is 0 Å². The molecule has 3 heterocycles. The molecule has 0 aromatic carbocycles. The molecule has 0 bridgehead atoms. The Balaban J connectivity index is 0.00000150. The summed E-state index contributed by atoms with van der Waals surface area (Å²) in [5, 5.41) is 0. The van der Waals surface area contributed by atoms with Crippen molar-refractivity contribution in [2.45, 2.75) is 120 Å². The zero-order valence-corrected chi connectivity index (χ0v) is 29.5. The molecule has 38 heavy (non-hydrogen) atoms. The zero-order chi connectivity index (χ0) is 31.3. The first-order valence-corrected chi connectivity index (χ1v) is 17.3. The number of rotatable bonds is 6. The smallest absolute Gasteiger partial charge is 0.443 e. The number of fused-ring (bicyclic) bond motifs is 2. The molecule has 0 aliphatic carbocycles. The van der Waals surface area contributed by atoms with E-state index < -0.39 is 15.8 Å². The second-order valence-corrected chi connectivity index (χ2v) is 21.4. The van der Waals surface area contributed by atoms with Gasteiger partial charge in [-0.25, -0.2) is 0 Å². The van der Waals surface area contributed by atoms with E-state index in [1.54, 1.807) is 10.9 Å². The molecule has 0 aromatic rings. The Kier molecular flexibility index (Phi) is 11.1. The predicted molar refractivity (Wildman–Crippen MR) is 172 cm³/mol. The number of nitrogens with zero attached hydrogens (tertiary/aromatic N) is 3. The molecule has 0 amide bonds. The van der Waals surface area contributed by atoms with Gasteiger partial charge in [0, 0.05) is 11.4 Å². The third-order valence-electron chi connectivity index (χ3n) is 7.51. The van der Waals surface area contributed by atoms with Gasteiger partial charge in [-0.15, -0.1) is 6.67 Å². The number of hydrogen-bond acceptors (Lipinski definition) is 3. The monoisotopic (exact) mass is 604 g/mol. The van der Waals surface area contributed by atoms with E-state index in [0.29, 0.717) is 22.6 Å². The number of nitrogens with one attached hydrogen (secondary N) is 1. The Morgan fingerprint density at radius 3 is 1.16 bits per heavy atom. The topological polar surface area (TPSA) is 52.6 Å². The Bertz CT molecular complexity index is 937. The molecule has 1 N–H and O–H groups in total. The van der Waals surface area contributed by atoms with Gasteiger partial charge >= 0.3 is 18.7 Å². The minimum atomic E-state index is -0.755. The fraction of sp³-hybridized carbons (Fsp3) is 0.645. The molecule has 4 nitrogen and oxygen atoms in total. The van der Waals surface area contributed by atoms with Crippen molar-refractivity contribution in [1.82, 2.24) is 9.80 Å². The summed E-state index contributed by atoms with van der Waals surface area (Å²) >= 11 is -0.250. The molecule has 3 aliphatic rings. The van der Waals surface area contributed by atoms with Crippen LogP contribution in [0.4, 0.5) is 0 Å². The van der Waals surface area contributed by atoms with E-state index in [0.717, 1.165) is 0 Å². The molecular weight excluding hydrogens is 546 g/mol. The molecule has 0 radical (unpaired) electrons. The first-order chi connectivity index (χ1) is 18.4. The summed E-state index contributed by atoms with van der Waals surface area (Å²) in [4.78, 5) is 5.18. The first kappa shape index (κ1) is 31.8. The van der Waals surface area contributed by atoms with Gasteiger partial charge in [-0.05, 0) is 102 Å². The molecule has 0 unspecified atom stereocenters. The molecule has 7 heteroatoms. The van der Waals surface area contributed by atoms with Crippen LogP contribution >= 0.6 is 15.8 Å². The van der Waals surface area contributed by atoms with Crippen molar-refractivity contribution in [3.63, 3.8) is 0 Å². The van der Waals surface area contributed by atoms with Crippen molar-refractivity contribution < 1.29 is 16.8 Å². The van der Waals surface area contributed by atoms with E-state index >= 15 is 0 Å². The summed E-state index contributed by atoms with van der Waals surface area (Å²) in [7, 11) is -1.51. The molecule has 0 atom stereocenters. The van der Waals surface area contributed by atoms with E-state index in [1.165, 1.54) is 22.5 Å². The maximum atomic E-state index is 6.25. The Labute approximate surface area is 249 Å². The van der Waals surface area contributed by atoms with Crippen molar-refractivity contribution in [2.24, 2.45) is 10.8 Å². The second kappa shape index (κ2) is 13.3. The number of hydrogen-bond donors (Lipinski definition) is 1. The van der Waals surface area contributed by atoms with Gasteiger partial charge in [0.1, 0.15) is 10.9 Å². The van der Waals surface area contributed by atoms with Gasteiger partial charge < -0.3 is 20.9 Å². The average Bonchev–Trinajstić information content (AvgIpc) is 3.18. The maximum absolute atomic E-state index is 6.25. The predicted octanol–water partition coefficient (Wildman–Crippen LogP) is 9.70. The van der Waals surface area contributed by atoms with Crippen molar-refractivity contribution in [2.75, 3.05) is 0 Å². The summed E-state index contributed by atoms with van der Waals surface area (Å²) in [6.45, 7) is 36.1. The molecule has 0 aromatic heterocycles. The van der Waals surface area contributed by atoms with Crippen LogP contribution in [0.25, 0.3) is 5.53 Å². The number of allylic oxidation sites excluding steroid dienone is 6. The fourth-order valence-corrected chi connectivity index (χ4v) is 12.4. The van der Waals surface area contributed by atoms with Crippen LogP contribution in [0.2, 0.25) is 0 Å². The summed E-state index contributed by atoms with van der Waals surface area (Å²) in [6, 6.07) is 0. The van der Waals surface area contributed by atoms with Crippen LogP contribution < -0.4 is 0 Å². The molecule has 3 aliphatic heterocycles. The van der Waals surface area contributed by atoms with Crippen molar-refractivity contribution in [1.29, 1.82) is 7.44 Å². The maximum Gasteiger partial charge on any atom is -0.443 e.